The summed E-state index contributed by atoms with van der Waals surface area (Å²) in [6, 6.07) is 79.4. The van der Waals surface area contributed by atoms with Gasteiger partial charge in [0.1, 0.15) is 0 Å². The minimum Gasteiger partial charge on any atom is -0.309 e. The highest BCUT2D eigenvalue weighted by Gasteiger charge is 2.23. The second-order valence-corrected chi connectivity index (χ2v) is 15.6. The van der Waals surface area contributed by atoms with Crippen molar-refractivity contribution in [2.75, 3.05) is 0 Å². The highest BCUT2D eigenvalue weighted by Crippen LogP contribution is 2.43. The van der Waals surface area contributed by atoms with Crippen LogP contribution in [0.5, 0.6) is 0 Å². The number of fused-ring (bicyclic) bond motifs is 6. The summed E-state index contributed by atoms with van der Waals surface area (Å²) in [4.78, 5) is 15.4. The summed E-state index contributed by atoms with van der Waals surface area (Å²) in [6.45, 7) is 0. The van der Waals surface area contributed by atoms with E-state index >= 15 is 0 Å². The van der Waals surface area contributed by atoms with E-state index in [-0.39, 0.29) is 0 Å². The smallest absolute Gasteiger partial charge is 0.166 e. The van der Waals surface area contributed by atoms with Gasteiger partial charge in [-0.1, -0.05) is 182 Å². The summed E-state index contributed by atoms with van der Waals surface area (Å²) in [5, 5.41) is 4.76. The first-order chi connectivity index (χ1) is 30.8. The molecule has 0 bridgehead atoms. The average molecular weight is 792 g/mol. The molecule has 9 aromatic carbocycles. The third-order valence-electron chi connectivity index (χ3n) is 12.0. The topological polar surface area (TPSA) is 48.5 Å². The van der Waals surface area contributed by atoms with Crippen molar-refractivity contribution in [2.45, 2.75) is 0 Å². The lowest BCUT2D eigenvalue weighted by molar-refractivity contribution is 1.06. The number of aromatic nitrogens is 5. The van der Waals surface area contributed by atoms with Crippen LogP contribution >= 0.6 is 0 Å². The maximum atomic E-state index is 5.19. The Labute approximate surface area is 358 Å². The number of para-hydroxylation sites is 3. The largest absolute Gasteiger partial charge is 0.309 e. The minimum absolute atomic E-state index is 0.611. The van der Waals surface area contributed by atoms with Crippen LogP contribution in [-0.4, -0.2) is 24.1 Å². The molecule has 0 amide bonds. The number of rotatable bonds is 7. The van der Waals surface area contributed by atoms with Crippen molar-refractivity contribution in [3.8, 4) is 67.8 Å². The van der Waals surface area contributed by atoms with Gasteiger partial charge in [0.2, 0.25) is 0 Å². The van der Waals surface area contributed by atoms with Crippen LogP contribution in [0.25, 0.3) is 111 Å². The van der Waals surface area contributed by atoms with E-state index in [9.17, 15) is 0 Å². The summed E-state index contributed by atoms with van der Waals surface area (Å²) >= 11 is 0. The summed E-state index contributed by atoms with van der Waals surface area (Å²) in [5.74, 6) is 1.87. The van der Waals surface area contributed by atoms with Crippen molar-refractivity contribution in [2.24, 2.45) is 0 Å². The Morgan fingerprint density at radius 2 is 0.694 bits per heavy atom. The molecule has 0 saturated carbocycles. The Kier molecular flexibility index (Phi) is 8.42. The van der Waals surface area contributed by atoms with E-state index in [1.807, 2.05) is 36.4 Å². The van der Waals surface area contributed by atoms with Gasteiger partial charge in [-0.25, -0.2) is 15.0 Å². The van der Waals surface area contributed by atoms with E-state index in [2.05, 4.69) is 197 Å². The molecule has 5 nitrogen and oxygen atoms in total. The van der Waals surface area contributed by atoms with Crippen molar-refractivity contribution in [3.63, 3.8) is 0 Å². The highest BCUT2D eigenvalue weighted by molar-refractivity contribution is 6.19. The molecule has 12 aromatic rings. The maximum Gasteiger partial charge on any atom is 0.166 e. The van der Waals surface area contributed by atoms with Gasteiger partial charge in [0.25, 0.3) is 0 Å². The van der Waals surface area contributed by atoms with Gasteiger partial charge in [-0.3, -0.25) is 0 Å². The standard InChI is InChI=1S/C57H37N5/c1-5-19-38(20-6-1)42-33-34-43(39-21-7-2-8-22-39)52(35-42)62-50-31-17-14-28-45(50)48-36-47-44-27-13-16-30-49(44)61(53(47)37-54(48)62)51-32-18-15-29-46(51)57-59-55(40-23-9-3-10-24-40)58-56(60-57)41-25-11-4-12-26-41/h1-37H. The first-order valence-corrected chi connectivity index (χ1v) is 21.0. The van der Waals surface area contributed by atoms with Crippen molar-refractivity contribution >= 4 is 43.6 Å². The summed E-state index contributed by atoms with van der Waals surface area (Å²) in [6.07, 6.45) is 0. The van der Waals surface area contributed by atoms with Gasteiger partial charge in [-0.15, -0.1) is 0 Å². The molecule has 0 spiro atoms. The lowest BCUT2D eigenvalue weighted by Crippen LogP contribution is -2.03. The quantitative estimate of drug-likeness (QED) is 0.162. The van der Waals surface area contributed by atoms with Crippen LogP contribution in [-0.2, 0) is 0 Å². The number of benzene rings is 9. The average Bonchev–Trinajstić information content (AvgIpc) is 3.85. The van der Waals surface area contributed by atoms with Crippen LogP contribution in [0.2, 0.25) is 0 Å². The number of hydrogen-bond acceptors (Lipinski definition) is 3. The SMILES string of the molecule is c1ccc(-c2ccc(-c3ccccc3)c(-n3c4ccccc4c4cc5c6ccccc6n(-c6ccccc6-c6nc(-c7ccccc7)nc(-c7ccccc7)n6)c5cc43)c2)cc1. The van der Waals surface area contributed by atoms with Crippen LogP contribution in [0.3, 0.4) is 0 Å². The van der Waals surface area contributed by atoms with E-state index in [0.717, 1.165) is 61.3 Å². The molecule has 5 heteroatoms. The molecule has 3 heterocycles. The summed E-state index contributed by atoms with van der Waals surface area (Å²) in [7, 11) is 0. The second kappa shape index (κ2) is 14.7. The monoisotopic (exact) mass is 791 g/mol. The van der Waals surface area contributed by atoms with Crippen molar-refractivity contribution < 1.29 is 0 Å². The van der Waals surface area contributed by atoms with E-state index in [1.54, 1.807) is 0 Å². The Balaban J connectivity index is 1.15. The fourth-order valence-electron chi connectivity index (χ4n) is 9.13. The zero-order valence-corrected chi connectivity index (χ0v) is 33.6. The van der Waals surface area contributed by atoms with E-state index < -0.39 is 0 Å². The van der Waals surface area contributed by atoms with Gasteiger partial charge in [0, 0.05) is 43.8 Å². The second-order valence-electron chi connectivity index (χ2n) is 15.6. The summed E-state index contributed by atoms with van der Waals surface area (Å²) < 4.78 is 4.87. The molecule has 62 heavy (non-hydrogen) atoms. The van der Waals surface area contributed by atoms with Crippen LogP contribution in [0.1, 0.15) is 0 Å². The lowest BCUT2D eigenvalue weighted by Gasteiger charge is -2.17. The molecule has 0 aliphatic carbocycles. The minimum atomic E-state index is 0.611. The molecule has 0 radical (unpaired) electrons. The van der Waals surface area contributed by atoms with E-state index in [0.29, 0.717) is 17.5 Å². The Morgan fingerprint density at radius 1 is 0.242 bits per heavy atom. The van der Waals surface area contributed by atoms with Crippen molar-refractivity contribution in [1.82, 2.24) is 24.1 Å². The predicted octanol–water partition coefficient (Wildman–Crippen LogP) is 14.4. The molecule has 0 aliphatic rings. The maximum absolute atomic E-state index is 5.19. The third-order valence-corrected chi connectivity index (χ3v) is 12.0. The van der Waals surface area contributed by atoms with Crippen molar-refractivity contribution in [1.29, 1.82) is 0 Å². The third kappa shape index (κ3) is 5.90. The number of hydrogen-bond donors (Lipinski definition) is 0. The normalized spacial score (nSPS) is 11.5. The zero-order valence-electron chi connectivity index (χ0n) is 33.6. The molecule has 0 fully saturated rings. The first-order valence-electron chi connectivity index (χ1n) is 21.0. The van der Waals surface area contributed by atoms with Gasteiger partial charge >= 0.3 is 0 Å². The van der Waals surface area contributed by atoms with Crippen LogP contribution in [0.15, 0.2) is 224 Å². The van der Waals surface area contributed by atoms with Gasteiger partial charge in [-0.05, 0) is 59.2 Å². The fourth-order valence-corrected chi connectivity index (χ4v) is 9.13. The molecule has 0 unspecified atom stereocenters. The molecule has 0 aliphatic heterocycles. The first kappa shape index (κ1) is 35.5. The van der Waals surface area contributed by atoms with Crippen molar-refractivity contribution in [3.05, 3.63) is 224 Å². The lowest BCUT2D eigenvalue weighted by atomic mass is 9.98. The van der Waals surface area contributed by atoms with Gasteiger partial charge in [-0.2, -0.15) is 0 Å². The molecule has 0 atom stereocenters. The fraction of sp³-hybridized carbons (Fsp3) is 0. The number of nitrogens with zero attached hydrogens (tertiary/aromatic N) is 5. The Morgan fingerprint density at radius 3 is 1.27 bits per heavy atom. The molecular formula is C57H37N5. The highest BCUT2D eigenvalue weighted by atomic mass is 15.1. The molecule has 0 saturated heterocycles. The van der Waals surface area contributed by atoms with E-state index in [4.69, 9.17) is 15.0 Å². The molecule has 290 valence electrons. The molecule has 3 aromatic heterocycles. The van der Waals surface area contributed by atoms with Crippen LogP contribution in [0, 0.1) is 0 Å². The Bertz CT molecular complexity index is 3550. The molecular weight excluding hydrogens is 755 g/mol. The van der Waals surface area contributed by atoms with Crippen LogP contribution in [0.4, 0.5) is 0 Å². The zero-order chi connectivity index (χ0) is 41.0. The van der Waals surface area contributed by atoms with Gasteiger partial charge in [0.05, 0.1) is 33.4 Å². The van der Waals surface area contributed by atoms with E-state index in [1.165, 1.54) is 32.7 Å². The predicted molar refractivity (Wildman–Crippen MR) is 256 cm³/mol. The Hall–Kier alpha value is -8.41. The van der Waals surface area contributed by atoms with Gasteiger partial charge < -0.3 is 9.13 Å². The van der Waals surface area contributed by atoms with Crippen LogP contribution < -0.4 is 0 Å². The summed E-state index contributed by atoms with van der Waals surface area (Å²) in [5.41, 5.74) is 14.0. The van der Waals surface area contributed by atoms with Gasteiger partial charge in [0.15, 0.2) is 17.5 Å². The molecule has 0 N–H and O–H groups in total. The molecule has 12 rings (SSSR count).